The summed E-state index contributed by atoms with van der Waals surface area (Å²) in [6, 6.07) is 7.67. The second-order valence-electron chi connectivity index (χ2n) is 3.99. The standard InChI is InChI=1S/C14H14N2O3/c1-2-16(10-4-3-5-11(17)8-10)14(19)12-9-15-7-6-13(12)18/h3-9,17H,2H2,1H3,(H,15,18). The average Bonchev–Trinajstić information content (AvgIpc) is 2.40. The number of hydrogen-bond donors (Lipinski definition) is 2. The fourth-order valence-electron chi connectivity index (χ4n) is 1.83. The van der Waals surface area contributed by atoms with Crippen LogP contribution in [0.1, 0.15) is 17.3 Å². The summed E-state index contributed by atoms with van der Waals surface area (Å²) in [5.41, 5.74) is 0.297. The molecule has 2 N–H and O–H groups in total. The molecule has 1 aromatic carbocycles. The van der Waals surface area contributed by atoms with Gasteiger partial charge in [0, 0.05) is 36.8 Å². The molecule has 0 fully saturated rings. The van der Waals surface area contributed by atoms with E-state index in [9.17, 15) is 14.7 Å². The van der Waals surface area contributed by atoms with Crippen molar-refractivity contribution < 1.29 is 9.90 Å². The van der Waals surface area contributed by atoms with Gasteiger partial charge < -0.3 is 15.0 Å². The molecule has 0 saturated heterocycles. The van der Waals surface area contributed by atoms with Gasteiger partial charge in [0.05, 0.1) is 0 Å². The van der Waals surface area contributed by atoms with Gasteiger partial charge in [0.25, 0.3) is 5.91 Å². The van der Waals surface area contributed by atoms with Crippen LogP contribution < -0.4 is 10.3 Å². The average molecular weight is 258 g/mol. The summed E-state index contributed by atoms with van der Waals surface area (Å²) < 4.78 is 0. The van der Waals surface area contributed by atoms with E-state index in [4.69, 9.17) is 0 Å². The number of nitrogens with one attached hydrogen (secondary N) is 1. The van der Waals surface area contributed by atoms with Gasteiger partial charge in [-0.05, 0) is 19.1 Å². The van der Waals surface area contributed by atoms with Crippen LogP contribution in [0.5, 0.6) is 5.75 Å². The van der Waals surface area contributed by atoms with Crippen LogP contribution in [0.15, 0.2) is 47.5 Å². The predicted molar refractivity (Wildman–Crippen MR) is 72.5 cm³/mol. The van der Waals surface area contributed by atoms with Crippen LogP contribution in [0, 0.1) is 0 Å². The molecule has 0 bridgehead atoms. The number of phenols is 1. The first-order valence-corrected chi connectivity index (χ1v) is 5.91. The van der Waals surface area contributed by atoms with E-state index in [0.29, 0.717) is 12.2 Å². The first-order chi connectivity index (χ1) is 9.13. The van der Waals surface area contributed by atoms with Crippen molar-refractivity contribution in [2.24, 2.45) is 0 Å². The Bertz CT molecular complexity index is 649. The summed E-state index contributed by atoms with van der Waals surface area (Å²) >= 11 is 0. The van der Waals surface area contributed by atoms with Crippen LogP contribution in [0.3, 0.4) is 0 Å². The highest BCUT2D eigenvalue weighted by atomic mass is 16.3. The van der Waals surface area contributed by atoms with E-state index in [-0.39, 0.29) is 16.7 Å². The molecule has 0 aliphatic carbocycles. The lowest BCUT2D eigenvalue weighted by atomic mass is 10.2. The predicted octanol–water partition coefficient (Wildman–Crippen LogP) is 1.75. The summed E-state index contributed by atoms with van der Waals surface area (Å²) in [7, 11) is 0. The van der Waals surface area contributed by atoms with Crippen LogP contribution in [-0.4, -0.2) is 22.5 Å². The number of phenolic OH excluding ortho intramolecular Hbond substituents is 1. The van der Waals surface area contributed by atoms with Gasteiger partial charge in [-0.15, -0.1) is 0 Å². The number of pyridine rings is 1. The molecule has 0 spiro atoms. The van der Waals surface area contributed by atoms with Gasteiger partial charge in [-0.3, -0.25) is 9.59 Å². The minimum absolute atomic E-state index is 0.0747. The third-order valence-electron chi connectivity index (χ3n) is 2.76. The maximum Gasteiger partial charge on any atom is 0.263 e. The van der Waals surface area contributed by atoms with Crippen LogP contribution >= 0.6 is 0 Å². The zero-order valence-electron chi connectivity index (χ0n) is 10.5. The van der Waals surface area contributed by atoms with Gasteiger partial charge in [0.1, 0.15) is 11.3 Å². The van der Waals surface area contributed by atoms with Crippen molar-refractivity contribution in [2.45, 2.75) is 6.92 Å². The molecular formula is C14H14N2O3. The van der Waals surface area contributed by atoms with Crippen molar-refractivity contribution in [3.05, 3.63) is 58.5 Å². The number of rotatable bonds is 3. The number of nitrogens with zero attached hydrogens (tertiary/aromatic N) is 1. The Kier molecular flexibility index (Phi) is 3.66. The molecule has 19 heavy (non-hydrogen) atoms. The van der Waals surface area contributed by atoms with E-state index >= 15 is 0 Å². The van der Waals surface area contributed by atoms with Crippen molar-refractivity contribution in [2.75, 3.05) is 11.4 Å². The molecule has 1 aromatic heterocycles. The maximum absolute atomic E-state index is 12.3. The van der Waals surface area contributed by atoms with E-state index < -0.39 is 5.91 Å². The number of amides is 1. The van der Waals surface area contributed by atoms with Crippen molar-refractivity contribution in [3.8, 4) is 5.75 Å². The highest BCUT2D eigenvalue weighted by molar-refractivity contribution is 6.05. The largest absolute Gasteiger partial charge is 0.508 e. The molecule has 0 aliphatic heterocycles. The van der Waals surface area contributed by atoms with E-state index in [1.165, 1.54) is 35.5 Å². The number of carbonyl (C=O) groups is 1. The topological polar surface area (TPSA) is 73.4 Å². The monoisotopic (exact) mass is 258 g/mol. The van der Waals surface area contributed by atoms with Crippen molar-refractivity contribution in [1.29, 1.82) is 0 Å². The molecule has 2 aromatic rings. The Labute approximate surface area is 110 Å². The third kappa shape index (κ3) is 2.65. The molecule has 5 nitrogen and oxygen atoms in total. The number of aromatic hydroxyl groups is 1. The number of benzene rings is 1. The quantitative estimate of drug-likeness (QED) is 0.880. The van der Waals surface area contributed by atoms with Gasteiger partial charge >= 0.3 is 0 Å². The SMILES string of the molecule is CCN(C(=O)c1c[nH]ccc1=O)c1cccc(O)c1. The molecule has 5 heteroatoms. The Morgan fingerprint density at radius 3 is 2.79 bits per heavy atom. The van der Waals surface area contributed by atoms with Crippen LogP contribution in [-0.2, 0) is 0 Å². The molecule has 0 aliphatic rings. The lowest BCUT2D eigenvalue weighted by Crippen LogP contribution is -2.34. The molecule has 2 rings (SSSR count). The zero-order chi connectivity index (χ0) is 13.8. The lowest BCUT2D eigenvalue weighted by Gasteiger charge is -2.20. The highest BCUT2D eigenvalue weighted by Gasteiger charge is 2.18. The van der Waals surface area contributed by atoms with Crippen LogP contribution in [0.2, 0.25) is 0 Å². The summed E-state index contributed by atoms with van der Waals surface area (Å²) in [4.78, 5) is 28.2. The minimum Gasteiger partial charge on any atom is -0.508 e. The summed E-state index contributed by atoms with van der Waals surface area (Å²) in [6.07, 6.45) is 2.86. The minimum atomic E-state index is -0.394. The molecule has 1 amide bonds. The summed E-state index contributed by atoms with van der Waals surface area (Å²) in [6.45, 7) is 2.20. The van der Waals surface area contributed by atoms with Crippen molar-refractivity contribution in [1.82, 2.24) is 4.98 Å². The zero-order valence-corrected chi connectivity index (χ0v) is 10.5. The Balaban J connectivity index is 2.41. The molecule has 98 valence electrons. The van der Waals surface area contributed by atoms with Crippen LogP contribution in [0.25, 0.3) is 0 Å². The second kappa shape index (κ2) is 5.39. The second-order valence-corrected chi connectivity index (χ2v) is 3.99. The number of aromatic nitrogens is 1. The highest BCUT2D eigenvalue weighted by Crippen LogP contribution is 2.21. The first-order valence-electron chi connectivity index (χ1n) is 5.91. The summed E-state index contributed by atoms with van der Waals surface area (Å²) in [5, 5.41) is 9.46. The molecule has 1 heterocycles. The van der Waals surface area contributed by atoms with E-state index in [2.05, 4.69) is 4.98 Å². The van der Waals surface area contributed by atoms with Crippen LogP contribution in [0.4, 0.5) is 5.69 Å². The van der Waals surface area contributed by atoms with E-state index in [1.54, 1.807) is 19.1 Å². The molecule has 0 atom stereocenters. The number of H-pyrrole nitrogens is 1. The molecule has 0 unspecified atom stereocenters. The smallest absolute Gasteiger partial charge is 0.263 e. The van der Waals surface area contributed by atoms with Gasteiger partial charge in [0.15, 0.2) is 5.43 Å². The normalized spacial score (nSPS) is 10.2. The first kappa shape index (κ1) is 12.9. The number of aromatic amines is 1. The van der Waals surface area contributed by atoms with Crippen molar-refractivity contribution in [3.63, 3.8) is 0 Å². The van der Waals surface area contributed by atoms with Gasteiger partial charge in [-0.2, -0.15) is 0 Å². The fraction of sp³-hybridized carbons (Fsp3) is 0.143. The number of carbonyl (C=O) groups excluding carboxylic acids is 1. The van der Waals surface area contributed by atoms with E-state index in [0.717, 1.165) is 0 Å². The summed E-state index contributed by atoms with van der Waals surface area (Å²) in [5.74, 6) is -0.319. The van der Waals surface area contributed by atoms with Gasteiger partial charge in [0.2, 0.25) is 0 Å². The molecule has 0 saturated carbocycles. The number of anilines is 1. The molecular weight excluding hydrogens is 244 g/mol. The Morgan fingerprint density at radius 2 is 2.16 bits per heavy atom. The van der Waals surface area contributed by atoms with Gasteiger partial charge in [-0.25, -0.2) is 0 Å². The van der Waals surface area contributed by atoms with E-state index in [1.807, 2.05) is 0 Å². The Morgan fingerprint density at radius 1 is 1.37 bits per heavy atom. The van der Waals surface area contributed by atoms with Gasteiger partial charge in [-0.1, -0.05) is 6.07 Å². The number of hydrogen-bond acceptors (Lipinski definition) is 3. The van der Waals surface area contributed by atoms with Crippen molar-refractivity contribution >= 4 is 11.6 Å². The third-order valence-corrected chi connectivity index (χ3v) is 2.76. The Hall–Kier alpha value is -2.56. The fourth-order valence-corrected chi connectivity index (χ4v) is 1.83. The molecule has 0 radical (unpaired) electrons. The lowest BCUT2D eigenvalue weighted by molar-refractivity contribution is 0.0987. The maximum atomic E-state index is 12.3.